The van der Waals surface area contributed by atoms with Gasteiger partial charge in [-0.3, -0.25) is 0 Å². The molecule has 0 spiro atoms. The van der Waals surface area contributed by atoms with E-state index in [9.17, 15) is 13.2 Å². The summed E-state index contributed by atoms with van der Waals surface area (Å²) < 4.78 is 40.3. The van der Waals surface area contributed by atoms with Gasteiger partial charge in [0.15, 0.2) is 0 Å². The predicted octanol–water partition coefficient (Wildman–Crippen LogP) is 3.16. The van der Waals surface area contributed by atoms with Crippen molar-refractivity contribution < 1.29 is 13.2 Å². The van der Waals surface area contributed by atoms with Crippen LogP contribution in [-0.4, -0.2) is 15.4 Å². The Morgan fingerprint density at radius 2 is 2.06 bits per heavy atom. The molecular formula is C10H12F3N3S. The Labute approximate surface area is 101 Å². The number of nitrogens with zero attached hydrogens (tertiary/aromatic N) is 2. The van der Waals surface area contributed by atoms with Crippen molar-refractivity contribution in [2.45, 2.75) is 37.9 Å². The van der Waals surface area contributed by atoms with Gasteiger partial charge in [0.1, 0.15) is 0 Å². The normalized spacial score (nSPS) is 32.1. The van der Waals surface area contributed by atoms with Gasteiger partial charge in [0.2, 0.25) is 11.0 Å². The highest BCUT2D eigenvalue weighted by molar-refractivity contribution is 7.09. The van der Waals surface area contributed by atoms with Gasteiger partial charge in [-0.25, -0.2) is 0 Å². The van der Waals surface area contributed by atoms with Crippen molar-refractivity contribution in [1.29, 1.82) is 0 Å². The molecule has 3 unspecified atom stereocenters. The zero-order chi connectivity index (χ0) is 12.0. The molecule has 0 aliphatic heterocycles. The number of nitrogens with one attached hydrogen (secondary N) is 1. The lowest BCUT2D eigenvalue weighted by atomic mass is 9.96. The lowest BCUT2D eigenvalue weighted by Crippen LogP contribution is -2.25. The summed E-state index contributed by atoms with van der Waals surface area (Å²) in [7, 11) is 0. The maximum absolute atomic E-state index is 12.3. The summed E-state index contributed by atoms with van der Waals surface area (Å²) in [6.07, 6.45) is 0.291. The fraction of sp³-hybridized carbons (Fsp3) is 0.800. The van der Waals surface area contributed by atoms with E-state index >= 15 is 0 Å². The van der Waals surface area contributed by atoms with E-state index in [1.807, 2.05) is 0 Å². The molecule has 1 aromatic heterocycles. The Morgan fingerprint density at radius 3 is 2.59 bits per heavy atom. The summed E-state index contributed by atoms with van der Waals surface area (Å²) in [5.74, 6) is 0.332. The van der Waals surface area contributed by atoms with E-state index in [4.69, 9.17) is 0 Å². The zero-order valence-electron chi connectivity index (χ0n) is 9.00. The van der Waals surface area contributed by atoms with E-state index in [0.717, 1.165) is 23.9 Å². The van der Waals surface area contributed by atoms with Gasteiger partial charge in [0.25, 0.3) is 0 Å². The van der Waals surface area contributed by atoms with Crippen LogP contribution in [0.15, 0.2) is 0 Å². The summed E-state index contributed by atoms with van der Waals surface area (Å²) in [6, 6.07) is 0.294. The maximum atomic E-state index is 12.3. The lowest BCUT2D eigenvalue weighted by molar-refractivity contribution is -0.144. The molecule has 2 saturated carbocycles. The summed E-state index contributed by atoms with van der Waals surface area (Å²) in [4.78, 5) is 3.50. The molecule has 1 heterocycles. The van der Waals surface area contributed by atoms with Crippen LogP contribution in [0.3, 0.4) is 0 Å². The van der Waals surface area contributed by atoms with E-state index in [0.29, 0.717) is 17.1 Å². The van der Waals surface area contributed by atoms with E-state index in [1.165, 1.54) is 19.3 Å². The van der Waals surface area contributed by atoms with Crippen molar-refractivity contribution in [3.63, 3.8) is 0 Å². The van der Waals surface area contributed by atoms with Crippen LogP contribution in [0.4, 0.5) is 18.3 Å². The van der Waals surface area contributed by atoms with Crippen LogP contribution >= 0.6 is 11.5 Å². The summed E-state index contributed by atoms with van der Waals surface area (Å²) >= 11 is 0.798. The first-order chi connectivity index (χ1) is 8.02. The first-order valence-electron chi connectivity index (χ1n) is 5.70. The Hall–Kier alpha value is -0.850. The molecule has 3 rings (SSSR count). The van der Waals surface area contributed by atoms with Gasteiger partial charge in [0, 0.05) is 17.6 Å². The number of anilines is 1. The van der Waals surface area contributed by atoms with Gasteiger partial charge in [-0.2, -0.15) is 22.5 Å². The molecule has 2 bridgehead atoms. The first kappa shape index (κ1) is 11.3. The Kier molecular flexibility index (Phi) is 2.53. The van der Waals surface area contributed by atoms with Crippen molar-refractivity contribution >= 4 is 16.7 Å². The van der Waals surface area contributed by atoms with Crippen molar-refractivity contribution in [1.82, 2.24) is 9.36 Å². The molecular weight excluding hydrogens is 251 g/mol. The summed E-state index contributed by atoms with van der Waals surface area (Å²) in [6.45, 7) is 0. The van der Waals surface area contributed by atoms with E-state index < -0.39 is 12.0 Å². The number of hydrogen-bond acceptors (Lipinski definition) is 4. The molecule has 3 nitrogen and oxygen atoms in total. The molecule has 2 aliphatic rings. The molecule has 1 aromatic rings. The molecule has 0 saturated heterocycles. The number of hydrogen-bond donors (Lipinski definition) is 1. The highest BCUT2D eigenvalue weighted by Gasteiger charge is 2.40. The third-order valence-corrected chi connectivity index (χ3v) is 4.37. The third-order valence-electron chi connectivity index (χ3n) is 3.73. The van der Waals surface area contributed by atoms with Crippen molar-refractivity contribution in [2.24, 2.45) is 11.8 Å². The van der Waals surface area contributed by atoms with Gasteiger partial charge in [-0.15, -0.1) is 0 Å². The second-order valence-electron chi connectivity index (χ2n) is 4.85. The molecule has 0 radical (unpaired) electrons. The number of fused-ring (bicyclic) bond motifs is 2. The van der Waals surface area contributed by atoms with Crippen LogP contribution in [0.25, 0.3) is 0 Å². The van der Waals surface area contributed by atoms with Gasteiger partial charge < -0.3 is 5.32 Å². The minimum atomic E-state index is -4.44. The van der Waals surface area contributed by atoms with Gasteiger partial charge in [-0.1, -0.05) is 6.42 Å². The Bertz CT molecular complexity index is 417. The van der Waals surface area contributed by atoms with E-state index in [1.54, 1.807) is 0 Å². The highest BCUT2D eigenvalue weighted by Crippen LogP contribution is 2.45. The fourth-order valence-electron chi connectivity index (χ4n) is 2.98. The second kappa shape index (κ2) is 3.83. The quantitative estimate of drug-likeness (QED) is 0.890. The lowest BCUT2D eigenvalue weighted by Gasteiger charge is -2.22. The van der Waals surface area contributed by atoms with E-state index in [-0.39, 0.29) is 0 Å². The number of alkyl halides is 3. The predicted molar refractivity (Wildman–Crippen MR) is 57.8 cm³/mol. The van der Waals surface area contributed by atoms with Crippen molar-refractivity contribution in [3.8, 4) is 0 Å². The monoisotopic (exact) mass is 263 g/mol. The average molecular weight is 263 g/mol. The molecule has 0 amide bonds. The van der Waals surface area contributed by atoms with Crippen LogP contribution in [0.2, 0.25) is 0 Å². The average Bonchev–Trinajstić information content (AvgIpc) is 2.89. The van der Waals surface area contributed by atoms with Crippen LogP contribution in [-0.2, 0) is 6.18 Å². The number of aromatic nitrogens is 2. The van der Waals surface area contributed by atoms with E-state index in [2.05, 4.69) is 14.7 Å². The van der Waals surface area contributed by atoms with Crippen LogP contribution in [0.1, 0.15) is 31.5 Å². The van der Waals surface area contributed by atoms with Crippen LogP contribution in [0, 0.1) is 11.8 Å². The Balaban J connectivity index is 1.68. The fourth-order valence-corrected chi connectivity index (χ4v) is 3.63. The smallest absolute Gasteiger partial charge is 0.357 e. The minimum absolute atomic E-state index is 0.294. The van der Waals surface area contributed by atoms with Gasteiger partial charge in [0.05, 0.1) is 0 Å². The largest absolute Gasteiger partial charge is 0.452 e. The maximum Gasteiger partial charge on any atom is 0.452 e. The topological polar surface area (TPSA) is 37.8 Å². The molecule has 94 valence electrons. The molecule has 2 fully saturated rings. The SMILES string of the molecule is FC(F)(F)c1nsc(NC2CC3CCC2C3)n1. The molecule has 1 N–H and O–H groups in total. The van der Waals surface area contributed by atoms with Crippen molar-refractivity contribution in [3.05, 3.63) is 5.82 Å². The number of rotatable bonds is 2. The summed E-state index contributed by atoms with van der Waals surface area (Å²) in [5.41, 5.74) is 0. The van der Waals surface area contributed by atoms with Crippen LogP contribution in [0.5, 0.6) is 0 Å². The summed E-state index contributed by atoms with van der Waals surface area (Å²) in [5, 5.41) is 3.41. The van der Waals surface area contributed by atoms with Crippen LogP contribution < -0.4 is 5.32 Å². The van der Waals surface area contributed by atoms with Gasteiger partial charge in [-0.05, 0) is 31.1 Å². The molecule has 7 heteroatoms. The Morgan fingerprint density at radius 1 is 1.24 bits per heavy atom. The highest BCUT2D eigenvalue weighted by atomic mass is 32.1. The van der Waals surface area contributed by atoms with Crippen molar-refractivity contribution in [2.75, 3.05) is 5.32 Å². The third kappa shape index (κ3) is 2.12. The minimum Gasteiger partial charge on any atom is -0.357 e. The number of halogens is 3. The molecule has 3 atom stereocenters. The molecule has 0 aromatic carbocycles. The molecule has 17 heavy (non-hydrogen) atoms. The molecule has 2 aliphatic carbocycles. The second-order valence-corrected chi connectivity index (χ2v) is 5.60. The zero-order valence-corrected chi connectivity index (χ0v) is 9.81. The first-order valence-corrected chi connectivity index (χ1v) is 6.47. The standard InChI is InChI=1S/C10H12F3N3S/c11-10(12,13)8-15-9(17-16-8)14-7-4-5-1-2-6(7)3-5/h5-7H,1-4H2,(H,14,15,16). The van der Waals surface area contributed by atoms with Gasteiger partial charge >= 0.3 is 6.18 Å².